The molecule has 0 aliphatic heterocycles. The molecule has 2 saturated carbocycles. The summed E-state index contributed by atoms with van der Waals surface area (Å²) in [6.45, 7) is 12.3. The Kier molecular flexibility index (Phi) is 14.7. The van der Waals surface area contributed by atoms with Crippen LogP contribution >= 0.6 is 34.8 Å². The number of rotatable bonds is 7. The van der Waals surface area contributed by atoms with Gasteiger partial charge in [-0.1, -0.05) is 18.5 Å². The first-order chi connectivity index (χ1) is 17.8. The van der Waals surface area contributed by atoms with Gasteiger partial charge >= 0.3 is 11.9 Å². The summed E-state index contributed by atoms with van der Waals surface area (Å²) in [6, 6.07) is 2.30. The third-order valence-corrected chi connectivity index (χ3v) is 5.82. The molecule has 0 spiro atoms. The molecule has 0 bridgehead atoms. The van der Waals surface area contributed by atoms with Crippen molar-refractivity contribution in [1.82, 2.24) is 24.8 Å². The molecule has 2 aromatic rings. The number of aromatic nitrogens is 4. The fraction of sp³-hybridized carbons (Fsp3) is 0.583. The molecular weight excluding hydrogens is 557 g/mol. The predicted molar refractivity (Wildman–Crippen MR) is 150 cm³/mol. The highest BCUT2D eigenvalue weighted by Gasteiger charge is 2.24. The van der Waals surface area contributed by atoms with E-state index in [1.807, 2.05) is 0 Å². The minimum absolute atomic E-state index is 0.0538. The van der Waals surface area contributed by atoms with Crippen LogP contribution in [0.1, 0.15) is 81.0 Å². The van der Waals surface area contributed by atoms with Crippen LogP contribution in [0.3, 0.4) is 0 Å². The van der Waals surface area contributed by atoms with Crippen LogP contribution in [0.2, 0.25) is 15.7 Å². The lowest BCUT2D eigenvalue weighted by Crippen LogP contribution is -2.36. The molecule has 2 heterocycles. The fourth-order valence-corrected chi connectivity index (χ4v) is 3.47. The van der Waals surface area contributed by atoms with Gasteiger partial charge in [0.05, 0.1) is 0 Å². The zero-order valence-electron chi connectivity index (χ0n) is 22.2. The minimum atomic E-state index is -1.17. The van der Waals surface area contributed by atoms with E-state index in [1.54, 1.807) is 0 Å². The molecule has 0 amide bonds. The van der Waals surface area contributed by atoms with E-state index in [0.717, 1.165) is 25.6 Å². The van der Waals surface area contributed by atoms with Crippen LogP contribution in [-0.4, -0.2) is 77.7 Å². The zero-order chi connectivity index (χ0) is 29.0. The fourth-order valence-electron chi connectivity index (χ4n) is 2.96. The van der Waals surface area contributed by atoms with E-state index in [9.17, 15) is 9.59 Å². The molecule has 0 unspecified atom stereocenters. The molecule has 2 fully saturated rings. The summed E-state index contributed by atoms with van der Waals surface area (Å²) >= 11 is 16.3. The molecule has 38 heavy (non-hydrogen) atoms. The van der Waals surface area contributed by atoms with Crippen LogP contribution in [0.5, 0.6) is 0 Å². The van der Waals surface area contributed by atoms with Crippen molar-refractivity contribution in [3.05, 3.63) is 39.2 Å². The molecule has 2 aliphatic rings. The molecular formula is C24H36Cl3N7O4. The molecule has 2 aliphatic carbocycles. The van der Waals surface area contributed by atoms with E-state index in [-0.39, 0.29) is 26.8 Å². The summed E-state index contributed by atoms with van der Waals surface area (Å²) < 4.78 is 0. The lowest BCUT2D eigenvalue weighted by atomic mass is 10.2. The number of nitrogens with one attached hydrogen (secondary N) is 1. The van der Waals surface area contributed by atoms with Crippen LogP contribution in [0.15, 0.2) is 12.4 Å². The van der Waals surface area contributed by atoms with Crippen LogP contribution in [-0.2, 0) is 0 Å². The van der Waals surface area contributed by atoms with E-state index >= 15 is 0 Å². The highest BCUT2D eigenvalue weighted by molar-refractivity contribution is 6.33. The Morgan fingerprint density at radius 2 is 1.39 bits per heavy atom. The van der Waals surface area contributed by atoms with Gasteiger partial charge in [0.15, 0.2) is 0 Å². The number of carboxylic acids is 2. The third-order valence-electron chi connectivity index (χ3n) is 5.16. The van der Waals surface area contributed by atoms with Crippen molar-refractivity contribution in [3.63, 3.8) is 0 Å². The van der Waals surface area contributed by atoms with E-state index < -0.39 is 11.9 Å². The van der Waals surface area contributed by atoms with Gasteiger partial charge in [0.25, 0.3) is 0 Å². The van der Waals surface area contributed by atoms with Crippen molar-refractivity contribution in [1.29, 1.82) is 0 Å². The van der Waals surface area contributed by atoms with Gasteiger partial charge in [-0.2, -0.15) is 4.98 Å². The van der Waals surface area contributed by atoms with Gasteiger partial charge in [-0.25, -0.2) is 24.5 Å². The lowest BCUT2D eigenvalue weighted by Gasteiger charge is -2.28. The third kappa shape index (κ3) is 13.5. The van der Waals surface area contributed by atoms with E-state index in [0.29, 0.717) is 30.0 Å². The molecule has 14 heteroatoms. The second kappa shape index (κ2) is 16.6. The molecule has 0 atom stereocenters. The highest BCUT2D eigenvalue weighted by atomic mass is 35.5. The summed E-state index contributed by atoms with van der Waals surface area (Å²) in [5, 5.41) is 20.1. The molecule has 0 radical (unpaired) electrons. The molecule has 4 rings (SSSR count). The second-order valence-corrected chi connectivity index (χ2v) is 10.2. The number of carbonyl (C=O) groups is 2. The van der Waals surface area contributed by atoms with Gasteiger partial charge in [0.2, 0.25) is 10.6 Å². The molecule has 2 aromatic heterocycles. The van der Waals surface area contributed by atoms with Gasteiger partial charge < -0.3 is 21.3 Å². The monoisotopic (exact) mass is 591 g/mol. The maximum atomic E-state index is 10.8. The van der Waals surface area contributed by atoms with Crippen molar-refractivity contribution in [2.45, 2.75) is 84.5 Å². The Morgan fingerprint density at radius 3 is 1.71 bits per heavy atom. The predicted octanol–water partition coefficient (Wildman–Crippen LogP) is 5.12. The number of hydrogen-bond acceptors (Lipinski definition) is 9. The van der Waals surface area contributed by atoms with Gasteiger partial charge in [-0.05, 0) is 83.1 Å². The Bertz CT molecular complexity index is 1040. The molecule has 212 valence electrons. The number of nitrogens with two attached hydrogens (primary N) is 1. The largest absolute Gasteiger partial charge is 0.478 e. The van der Waals surface area contributed by atoms with Gasteiger partial charge in [-0.15, -0.1) is 0 Å². The van der Waals surface area contributed by atoms with Gasteiger partial charge in [0.1, 0.15) is 22.1 Å². The normalized spacial score (nSPS) is 14.0. The van der Waals surface area contributed by atoms with Crippen LogP contribution in [0.4, 0.5) is 5.82 Å². The molecule has 5 N–H and O–H groups in total. The SMILES string of the molecule is CCN(C(C)C)C(C)C.NC1CC1.O=C(O)c1cnc(Cl)nc1Cl.O=C(O)c1cnc(Cl)nc1NC1CC1. The number of aromatic carboxylic acids is 2. The Hall–Kier alpha value is -2.31. The Morgan fingerprint density at radius 1 is 0.947 bits per heavy atom. The van der Waals surface area contributed by atoms with Gasteiger partial charge in [-0.3, -0.25) is 4.90 Å². The lowest BCUT2D eigenvalue weighted by molar-refractivity contribution is 0.0685. The van der Waals surface area contributed by atoms with Crippen molar-refractivity contribution in [2.24, 2.45) is 5.73 Å². The first kappa shape index (κ1) is 33.7. The molecule has 0 aromatic carbocycles. The van der Waals surface area contributed by atoms with Crippen LogP contribution < -0.4 is 11.1 Å². The summed E-state index contributed by atoms with van der Waals surface area (Å²) in [6.07, 6.45) is 6.88. The summed E-state index contributed by atoms with van der Waals surface area (Å²) in [5.41, 5.74) is 5.12. The number of carboxylic acid groups (broad SMARTS) is 2. The number of nitrogens with zero attached hydrogens (tertiary/aromatic N) is 5. The first-order valence-electron chi connectivity index (χ1n) is 12.2. The van der Waals surface area contributed by atoms with E-state index in [4.69, 9.17) is 50.7 Å². The van der Waals surface area contributed by atoms with Crippen LogP contribution in [0, 0.1) is 0 Å². The number of hydrogen-bond donors (Lipinski definition) is 4. The van der Waals surface area contributed by atoms with Crippen molar-refractivity contribution >= 4 is 52.6 Å². The van der Waals surface area contributed by atoms with Crippen LogP contribution in [0.25, 0.3) is 0 Å². The quantitative estimate of drug-likeness (QED) is 0.249. The van der Waals surface area contributed by atoms with Gasteiger partial charge in [0, 0.05) is 36.6 Å². The number of anilines is 1. The average molecular weight is 593 g/mol. The first-order valence-corrected chi connectivity index (χ1v) is 13.3. The maximum absolute atomic E-state index is 10.8. The Balaban J connectivity index is 0.000000271. The van der Waals surface area contributed by atoms with E-state index in [1.165, 1.54) is 19.0 Å². The summed E-state index contributed by atoms with van der Waals surface area (Å²) in [4.78, 5) is 37.9. The summed E-state index contributed by atoms with van der Waals surface area (Å²) in [5.74, 6) is -1.92. The number of halogens is 3. The summed E-state index contributed by atoms with van der Waals surface area (Å²) in [7, 11) is 0. The van der Waals surface area contributed by atoms with Crippen molar-refractivity contribution in [3.8, 4) is 0 Å². The zero-order valence-corrected chi connectivity index (χ0v) is 24.4. The van der Waals surface area contributed by atoms with Crippen molar-refractivity contribution in [2.75, 3.05) is 11.9 Å². The topological polar surface area (TPSA) is 167 Å². The van der Waals surface area contributed by atoms with E-state index in [2.05, 4.69) is 64.8 Å². The maximum Gasteiger partial charge on any atom is 0.341 e. The second-order valence-electron chi connectivity index (χ2n) is 9.13. The minimum Gasteiger partial charge on any atom is -0.478 e. The average Bonchev–Trinajstić information content (AvgIpc) is 3.74. The smallest absolute Gasteiger partial charge is 0.341 e. The Labute approximate surface area is 238 Å². The highest BCUT2D eigenvalue weighted by Crippen LogP contribution is 2.25. The molecule has 11 nitrogen and oxygen atoms in total. The molecule has 0 saturated heterocycles. The van der Waals surface area contributed by atoms with Crippen molar-refractivity contribution < 1.29 is 19.8 Å². The standard InChI is InChI=1S/C8H8ClN3O2.C8H19N.C5H2Cl2N2O2.C3H7N/c9-8-10-3-5(7(13)14)6(12-8)11-4-1-2-4;1-6-9(7(2)3)8(4)5;6-3-2(4(10)11)1-8-5(7)9-3;4-3-1-2-3/h3-4H,1-2H2,(H,13,14)(H,10,11,12);7-8H,6H2,1-5H3;1H,(H,10,11);3H,1-2,4H2.